The third-order valence-corrected chi connectivity index (χ3v) is 8.32. The number of sulfonamides is 1. The van der Waals surface area contributed by atoms with Crippen LogP contribution in [0.15, 0.2) is 53.4 Å². The lowest BCUT2D eigenvalue weighted by Crippen LogP contribution is -2.47. The molecule has 0 bridgehead atoms. The van der Waals surface area contributed by atoms with Gasteiger partial charge >= 0.3 is 0 Å². The van der Waals surface area contributed by atoms with Gasteiger partial charge in [-0.1, -0.05) is 43.5 Å². The van der Waals surface area contributed by atoms with E-state index in [0.29, 0.717) is 0 Å². The molecule has 7 heteroatoms. The summed E-state index contributed by atoms with van der Waals surface area (Å²) < 4.78 is 41.5. The van der Waals surface area contributed by atoms with Crippen LogP contribution in [0, 0.1) is 5.82 Å². The van der Waals surface area contributed by atoms with Crippen LogP contribution in [-0.4, -0.2) is 31.2 Å². The topological polar surface area (TPSA) is 66.5 Å². The molecule has 31 heavy (non-hydrogen) atoms. The Kier molecular flexibility index (Phi) is 6.72. The minimum Gasteiger partial charge on any atom is -0.348 e. The van der Waals surface area contributed by atoms with Gasteiger partial charge < -0.3 is 5.32 Å². The molecule has 2 aromatic rings. The maximum absolute atomic E-state index is 13.4. The van der Waals surface area contributed by atoms with Crippen molar-refractivity contribution in [2.24, 2.45) is 0 Å². The standard InChI is InChI=1S/C24H29FN2O3S/c25-19-13-15-21(16-14-19)31(29,30)27(20-9-2-1-3-10-20)17-24(28)26-23-12-6-8-18-7-4-5-11-22(18)23/h4-5,7,11,13-16,20,23H,1-3,6,8-10,12,17H2,(H,26,28). The third kappa shape index (κ3) is 4.99. The molecule has 2 aliphatic carbocycles. The molecule has 1 saturated carbocycles. The molecule has 4 rings (SSSR count). The molecule has 0 heterocycles. The van der Waals surface area contributed by atoms with Crippen molar-refractivity contribution < 1.29 is 17.6 Å². The fraction of sp³-hybridized carbons (Fsp3) is 0.458. The number of carbonyl (C=O) groups excluding carboxylic acids is 1. The van der Waals surface area contributed by atoms with Gasteiger partial charge in [-0.15, -0.1) is 0 Å². The average Bonchev–Trinajstić information content (AvgIpc) is 2.78. The largest absolute Gasteiger partial charge is 0.348 e. The van der Waals surface area contributed by atoms with Crippen LogP contribution in [0.5, 0.6) is 0 Å². The van der Waals surface area contributed by atoms with Crippen LogP contribution >= 0.6 is 0 Å². The van der Waals surface area contributed by atoms with Gasteiger partial charge in [-0.25, -0.2) is 12.8 Å². The van der Waals surface area contributed by atoms with E-state index in [1.807, 2.05) is 18.2 Å². The number of rotatable bonds is 6. The predicted molar refractivity (Wildman–Crippen MR) is 117 cm³/mol. The summed E-state index contributed by atoms with van der Waals surface area (Å²) in [6, 6.07) is 12.6. The van der Waals surface area contributed by atoms with Crippen molar-refractivity contribution in [3.8, 4) is 0 Å². The summed E-state index contributed by atoms with van der Waals surface area (Å²) >= 11 is 0. The van der Waals surface area contributed by atoms with Crippen molar-refractivity contribution in [2.75, 3.05) is 6.54 Å². The highest BCUT2D eigenvalue weighted by Gasteiger charge is 2.34. The molecular formula is C24H29FN2O3S. The Morgan fingerprint density at radius 1 is 0.968 bits per heavy atom. The summed E-state index contributed by atoms with van der Waals surface area (Å²) in [6.45, 7) is -0.219. The molecular weight excluding hydrogens is 415 g/mol. The summed E-state index contributed by atoms with van der Waals surface area (Å²) in [5.74, 6) is -0.783. The first-order valence-corrected chi connectivity index (χ1v) is 12.5. The second-order valence-corrected chi connectivity index (χ2v) is 10.4. The number of carbonyl (C=O) groups is 1. The van der Waals surface area contributed by atoms with Crippen molar-refractivity contribution in [3.05, 3.63) is 65.5 Å². The van der Waals surface area contributed by atoms with E-state index in [-0.39, 0.29) is 29.4 Å². The average molecular weight is 445 g/mol. The van der Waals surface area contributed by atoms with Crippen molar-refractivity contribution in [1.29, 1.82) is 0 Å². The first-order valence-electron chi connectivity index (χ1n) is 11.1. The van der Waals surface area contributed by atoms with Crippen LogP contribution in [0.4, 0.5) is 4.39 Å². The highest BCUT2D eigenvalue weighted by Crippen LogP contribution is 2.31. The van der Waals surface area contributed by atoms with E-state index in [2.05, 4.69) is 11.4 Å². The van der Waals surface area contributed by atoms with Crippen LogP contribution in [0.3, 0.4) is 0 Å². The smallest absolute Gasteiger partial charge is 0.243 e. The second kappa shape index (κ2) is 9.49. The number of amides is 1. The van der Waals surface area contributed by atoms with Gasteiger partial charge in [0, 0.05) is 6.04 Å². The molecule has 166 valence electrons. The normalized spacial score (nSPS) is 19.7. The SMILES string of the molecule is O=C(CN(C1CCCCC1)S(=O)(=O)c1ccc(F)cc1)NC1CCCc2ccccc21. The first-order chi connectivity index (χ1) is 14.9. The number of hydrogen-bond acceptors (Lipinski definition) is 3. The number of hydrogen-bond donors (Lipinski definition) is 1. The van der Waals surface area contributed by atoms with Crippen molar-refractivity contribution in [2.45, 2.75) is 68.3 Å². The number of nitrogens with zero attached hydrogens (tertiary/aromatic N) is 1. The summed E-state index contributed by atoms with van der Waals surface area (Å²) in [4.78, 5) is 13.1. The Bertz CT molecular complexity index is 1020. The second-order valence-electron chi connectivity index (χ2n) is 8.51. The van der Waals surface area contributed by atoms with Crippen LogP contribution in [0.25, 0.3) is 0 Å². The van der Waals surface area contributed by atoms with Crippen LogP contribution < -0.4 is 5.32 Å². The predicted octanol–water partition coefficient (Wildman–Crippen LogP) is 4.34. The van der Waals surface area contributed by atoms with Gasteiger partial charge in [-0.2, -0.15) is 4.31 Å². The van der Waals surface area contributed by atoms with Gasteiger partial charge in [-0.05, 0) is 67.5 Å². The zero-order valence-corrected chi connectivity index (χ0v) is 18.4. The van der Waals surface area contributed by atoms with E-state index in [4.69, 9.17) is 0 Å². The van der Waals surface area contributed by atoms with Crippen LogP contribution in [0.2, 0.25) is 0 Å². The van der Waals surface area contributed by atoms with E-state index >= 15 is 0 Å². The first kappa shape index (κ1) is 22.0. The van der Waals surface area contributed by atoms with Crippen molar-refractivity contribution in [3.63, 3.8) is 0 Å². The summed E-state index contributed by atoms with van der Waals surface area (Å²) in [7, 11) is -3.91. The van der Waals surface area contributed by atoms with E-state index in [1.165, 1.54) is 22.0 Å². The lowest BCUT2D eigenvalue weighted by molar-refractivity contribution is -0.122. The summed E-state index contributed by atoms with van der Waals surface area (Å²) in [5.41, 5.74) is 2.36. The Morgan fingerprint density at radius 3 is 2.42 bits per heavy atom. The number of fused-ring (bicyclic) bond motifs is 1. The summed E-state index contributed by atoms with van der Waals surface area (Å²) in [6.07, 6.45) is 7.26. The Hall–Kier alpha value is -2.25. The maximum Gasteiger partial charge on any atom is 0.243 e. The molecule has 1 unspecified atom stereocenters. The highest BCUT2D eigenvalue weighted by atomic mass is 32.2. The Labute approximate surface area is 183 Å². The molecule has 0 saturated heterocycles. The molecule has 0 spiro atoms. The van der Waals surface area contributed by atoms with Crippen LogP contribution in [-0.2, 0) is 21.2 Å². The number of aryl methyl sites for hydroxylation is 1. The number of benzene rings is 2. The van der Waals surface area contributed by atoms with E-state index < -0.39 is 15.8 Å². The van der Waals surface area contributed by atoms with Gasteiger partial charge in [0.05, 0.1) is 17.5 Å². The van der Waals surface area contributed by atoms with Gasteiger partial charge in [0.15, 0.2) is 0 Å². The number of halogens is 1. The van der Waals surface area contributed by atoms with Gasteiger partial charge in [-0.3, -0.25) is 4.79 Å². The lowest BCUT2D eigenvalue weighted by Gasteiger charge is -2.34. The molecule has 2 aromatic carbocycles. The molecule has 1 atom stereocenters. The minimum absolute atomic E-state index is 0.0234. The van der Waals surface area contributed by atoms with Gasteiger partial charge in [0.25, 0.3) is 0 Å². The Morgan fingerprint density at radius 2 is 1.68 bits per heavy atom. The highest BCUT2D eigenvalue weighted by molar-refractivity contribution is 7.89. The zero-order valence-electron chi connectivity index (χ0n) is 17.6. The van der Waals surface area contributed by atoms with E-state index in [9.17, 15) is 17.6 Å². The quantitative estimate of drug-likeness (QED) is 0.721. The van der Waals surface area contributed by atoms with Crippen LogP contribution in [0.1, 0.15) is 62.1 Å². The zero-order chi connectivity index (χ0) is 21.8. The molecule has 1 fully saturated rings. The van der Waals surface area contributed by atoms with Crippen molar-refractivity contribution in [1.82, 2.24) is 9.62 Å². The molecule has 2 aliphatic rings. The monoisotopic (exact) mass is 444 g/mol. The van der Waals surface area contributed by atoms with Gasteiger partial charge in [0.1, 0.15) is 5.82 Å². The minimum atomic E-state index is -3.91. The van der Waals surface area contributed by atoms with Gasteiger partial charge in [0.2, 0.25) is 15.9 Å². The molecule has 0 aliphatic heterocycles. The summed E-state index contributed by atoms with van der Waals surface area (Å²) in [5, 5.41) is 3.07. The molecule has 1 N–H and O–H groups in total. The third-order valence-electron chi connectivity index (χ3n) is 6.41. The maximum atomic E-state index is 13.4. The Balaban J connectivity index is 1.55. The fourth-order valence-corrected chi connectivity index (χ4v) is 6.45. The van der Waals surface area contributed by atoms with Crippen molar-refractivity contribution >= 4 is 15.9 Å². The van der Waals surface area contributed by atoms with E-state index in [1.54, 1.807) is 0 Å². The molecule has 5 nitrogen and oxygen atoms in total. The number of nitrogens with one attached hydrogen (secondary N) is 1. The molecule has 0 aromatic heterocycles. The molecule has 0 radical (unpaired) electrons. The van der Waals surface area contributed by atoms with E-state index in [0.717, 1.165) is 69.1 Å². The lowest BCUT2D eigenvalue weighted by atomic mass is 9.88. The molecule has 1 amide bonds. The fourth-order valence-electron chi connectivity index (χ4n) is 4.81.